The molecular weight excluding hydrogens is 400 g/mol. The van der Waals surface area contributed by atoms with Crippen LogP contribution in [0.1, 0.15) is 39.0 Å². The number of rotatable bonds is 3. The van der Waals surface area contributed by atoms with Crippen molar-refractivity contribution in [3.63, 3.8) is 0 Å². The first-order chi connectivity index (χ1) is 13.9. The highest BCUT2D eigenvalue weighted by Crippen LogP contribution is 2.38. The third-order valence-corrected chi connectivity index (χ3v) is 5.61. The fourth-order valence-corrected chi connectivity index (χ4v) is 3.32. The van der Waals surface area contributed by atoms with Gasteiger partial charge >= 0.3 is 13.3 Å². The summed E-state index contributed by atoms with van der Waals surface area (Å²) in [6.45, 7) is 7.65. The zero-order chi connectivity index (χ0) is 21.9. The minimum atomic E-state index is -4.58. The predicted molar refractivity (Wildman–Crippen MR) is 105 cm³/mol. The summed E-state index contributed by atoms with van der Waals surface area (Å²) in [6.07, 6.45) is -3.39. The first-order valence-electron chi connectivity index (χ1n) is 9.35. The molecule has 158 valence electrons. The van der Waals surface area contributed by atoms with Crippen molar-refractivity contribution in [2.24, 2.45) is 0 Å². The van der Waals surface area contributed by atoms with Crippen LogP contribution in [0.3, 0.4) is 0 Å². The van der Waals surface area contributed by atoms with E-state index in [1.165, 1.54) is 0 Å². The van der Waals surface area contributed by atoms with Gasteiger partial charge in [0.05, 0.1) is 17.6 Å². The maximum atomic E-state index is 12.9. The Morgan fingerprint density at radius 3 is 2.47 bits per heavy atom. The van der Waals surface area contributed by atoms with Gasteiger partial charge in [0.1, 0.15) is 5.69 Å². The van der Waals surface area contributed by atoms with E-state index in [0.29, 0.717) is 16.8 Å². The van der Waals surface area contributed by atoms with Gasteiger partial charge in [0, 0.05) is 17.6 Å². The van der Waals surface area contributed by atoms with E-state index in [0.717, 1.165) is 17.8 Å². The number of aromatic nitrogens is 2. The third kappa shape index (κ3) is 3.63. The quantitative estimate of drug-likeness (QED) is 0.743. The molecule has 4 rings (SSSR count). The number of nitrogens with one attached hydrogen (secondary N) is 2. The minimum absolute atomic E-state index is 0.162. The molecule has 1 amide bonds. The van der Waals surface area contributed by atoms with E-state index in [1.54, 1.807) is 12.1 Å². The Morgan fingerprint density at radius 1 is 1.17 bits per heavy atom. The molecule has 2 aliphatic rings. The van der Waals surface area contributed by atoms with Crippen LogP contribution in [-0.2, 0) is 26.7 Å². The summed E-state index contributed by atoms with van der Waals surface area (Å²) in [7, 11) is -0.736. The highest BCUT2D eigenvalue weighted by molar-refractivity contribution is 6.63. The average Bonchev–Trinajstić information content (AvgIpc) is 3.09. The van der Waals surface area contributed by atoms with Crippen molar-refractivity contribution in [1.82, 2.24) is 9.97 Å². The molecule has 0 bridgehead atoms. The van der Waals surface area contributed by atoms with E-state index < -0.39 is 30.2 Å². The van der Waals surface area contributed by atoms with Crippen molar-refractivity contribution in [3.05, 3.63) is 35.7 Å². The van der Waals surface area contributed by atoms with Gasteiger partial charge in [0.2, 0.25) is 11.9 Å². The standard InChI is InChI=1S/C19H20BF3N4O3/c1-17(2)18(3,4)30-20(29-17)12-7-10(8-13-11(12)9-15(28)26-13)25-16-24-6-5-14(27-16)19(21,22)23/h5-8H,9H2,1-4H3,(H,26,28)(H,24,25,27). The molecule has 0 radical (unpaired) electrons. The van der Waals surface area contributed by atoms with Gasteiger partial charge in [-0.1, -0.05) is 0 Å². The van der Waals surface area contributed by atoms with Crippen molar-refractivity contribution >= 4 is 35.8 Å². The monoisotopic (exact) mass is 420 g/mol. The van der Waals surface area contributed by atoms with Crippen LogP contribution in [0.5, 0.6) is 0 Å². The SMILES string of the molecule is CC1(C)OB(c2cc(Nc3nccc(C(F)(F)F)n3)cc3c2CC(=O)N3)OC1(C)C. The van der Waals surface area contributed by atoms with Crippen LogP contribution in [-0.4, -0.2) is 34.2 Å². The van der Waals surface area contributed by atoms with Crippen molar-refractivity contribution < 1.29 is 27.3 Å². The van der Waals surface area contributed by atoms with Crippen molar-refractivity contribution in [3.8, 4) is 0 Å². The molecule has 1 fully saturated rings. The van der Waals surface area contributed by atoms with E-state index in [1.807, 2.05) is 27.7 Å². The summed E-state index contributed by atoms with van der Waals surface area (Å²) < 4.78 is 51.1. The van der Waals surface area contributed by atoms with E-state index in [9.17, 15) is 18.0 Å². The molecule has 30 heavy (non-hydrogen) atoms. The van der Waals surface area contributed by atoms with Crippen LogP contribution < -0.4 is 16.1 Å². The maximum Gasteiger partial charge on any atom is 0.495 e. The Morgan fingerprint density at radius 2 is 1.83 bits per heavy atom. The molecule has 0 unspecified atom stereocenters. The summed E-state index contributed by atoms with van der Waals surface area (Å²) in [6, 6.07) is 4.10. The van der Waals surface area contributed by atoms with Crippen LogP contribution >= 0.6 is 0 Å². The molecule has 0 saturated carbocycles. The number of halogens is 3. The molecule has 0 atom stereocenters. The lowest BCUT2D eigenvalue weighted by Crippen LogP contribution is -2.41. The Bertz CT molecular complexity index is 1010. The summed E-state index contributed by atoms with van der Waals surface area (Å²) in [4.78, 5) is 19.4. The molecule has 1 aromatic carbocycles. The Labute approximate surface area is 171 Å². The second-order valence-electron chi connectivity index (χ2n) is 8.29. The molecule has 2 N–H and O–H groups in total. The van der Waals surface area contributed by atoms with Crippen LogP contribution in [0, 0.1) is 0 Å². The van der Waals surface area contributed by atoms with Gasteiger partial charge in [-0.25, -0.2) is 9.97 Å². The number of hydrogen-bond donors (Lipinski definition) is 2. The van der Waals surface area contributed by atoms with Gasteiger partial charge in [-0.05, 0) is 56.9 Å². The van der Waals surface area contributed by atoms with E-state index >= 15 is 0 Å². The molecule has 1 aromatic heterocycles. The largest absolute Gasteiger partial charge is 0.495 e. The summed E-state index contributed by atoms with van der Waals surface area (Å²) >= 11 is 0. The van der Waals surface area contributed by atoms with Crippen molar-refractivity contribution in [2.45, 2.75) is 51.5 Å². The van der Waals surface area contributed by atoms with Crippen molar-refractivity contribution in [1.29, 1.82) is 0 Å². The Balaban J connectivity index is 1.71. The third-order valence-electron chi connectivity index (χ3n) is 5.61. The lowest BCUT2D eigenvalue weighted by molar-refractivity contribution is -0.141. The molecule has 11 heteroatoms. The van der Waals surface area contributed by atoms with Crippen molar-refractivity contribution in [2.75, 3.05) is 10.6 Å². The molecular formula is C19H20BF3N4O3. The number of fused-ring (bicyclic) bond motifs is 1. The lowest BCUT2D eigenvalue weighted by Gasteiger charge is -2.32. The maximum absolute atomic E-state index is 12.9. The number of carbonyl (C=O) groups is 1. The molecule has 3 heterocycles. The van der Waals surface area contributed by atoms with E-state index in [4.69, 9.17) is 9.31 Å². The Kier molecular flexibility index (Phi) is 4.59. The summed E-state index contributed by atoms with van der Waals surface area (Å²) in [5.74, 6) is -0.399. The fraction of sp³-hybridized carbons (Fsp3) is 0.421. The second kappa shape index (κ2) is 6.68. The number of alkyl halides is 3. The van der Waals surface area contributed by atoms with Gasteiger partial charge in [-0.2, -0.15) is 13.2 Å². The Hall–Kier alpha value is -2.66. The average molecular weight is 420 g/mol. The number of carbonyl (C=O) groups excluding carboxylic acids is 1. The topological polar surface area (TPSA) is 85.4 Å². The summed E-state index contributed by atoms with van der Waals surface area (Å²) in [5.41, 5.74) is 0.0674. The van der Waals surface area contributed by atoms with Gasteiger partial charge in [0.25, 0.3) is 0 Å². The highest BCUT2D eigenvalue weighted by atomic mass is 19.4. The predicted octanol–water partition coefficient (Wildman–Crippen LogP) is 3.03. The van der Waals surface area contributed by atoms with Gasteiger partial charge in [-0.3, -0.25) is 4.79 Å². The minimum Gasteiger partial charge on any atom is -0.399 e. The number of anilines is 3. The summed E-state index contributed by atoms with van der Waals surface area (Å²) in [5, 5.41) is 5.54. The first kappa shape index (κ1) is 20.6. The number of hydrogen-bond acceptors (Lipinski definition) is 6. The van der Waals surface area contributed by atoms with Gasteiger partial charge in [0.15, 0.2) is 0 Å². The molecule has 0 aliphatic carbocycles. The van der Waals surface area contributed by atoms with Gasteiger partial charge in [-0.15, -0.1) is 0 Å². The molecule has 2 aromatic rings. The zero-order valence-corrected chi connectivity index (χ0v) is 16.8. The zero-order valence-electron chi connectivity index (χ0n) is 16.8. The second-order valence-corrected chi connectivity index (χ2v) is 8.29. The van der Waals surface area contributed by atoms with E-state index in [2.05, 4.69) is 20.6 Å². The molecule has 2 aliphatic heterocycles. The van der Waals surface area contributed by atoms with Crippen LogP contribution in [0.25, 0.3) is 0 Å². The smallest absolute Gasteiger partial charge is 0.399 e. The molecule has 1 saturated heterocycles. The van der Waals surface area contributed by atoms with E-state index in [-0.39, 0.29) is 18.3 Å². The van der Waals surface area contributed by atoms with Crippen LogP contribution in [0.4, 0.5) is 30.5 Å². The van der Waals surface area contributed by atoms with Crippen LogP contribution in [0.15, 0.2) is 24.4 Å². The lowest BCUT2D eigenvalue weighted by atomic mass is 9.75. The van der Waals surface area contributed by atoms with Gasteiger partial charge < -0.3 is 19.9 Å². The van der Waals surface area contributed by atoms with Crippen LogP contribution in [0.2, 0.25) is 0 Å². The normalized spacial score (nSPS) is 19.6. The fourth-order valence-electron chi connectivity index (χ4n) is 3.32. The molecule has 7 nitrogen and oxygen atoms in total. The molecule has 0 spiro atoms. The highest BCUT2D eigenvalue weighted by Gasteiger charge is 2.52. The number of nitrogens with zero attached hydrogens (tertiary/aromatic N) is 2. The number of benzene rings is 1. The number of amides is 1. The first-order valence-corrected chi connectivity index (χ1v) is 9.35.